The van der Waals surface area contributed by atoms with Crippen molar-refractivity contribution in [3.63, 3.8) is 0 Å². The summed E-state index contributed by atoms with van der Waals surface area (Å²) in [6.07, 6.45) is 29.2. The van der Waals surface area contributed by atoms with Crippen molar-refractivity contribution in [3.05, 3.63) is 26.0 Å². The molecule has 0 amide bonds. The van der Waals surface area contributed by atoms with Crippen molar-refractivity contribution < 1.29 is 0 Å². The second-order valence-electron chi connectivity index (χ2n) is 7.50. The summed E-state index contributed by atoms with van der Waals surface area (Å²) in [6, 6.07) is 0. The predicted molar refractivity (Wildman–Crippen MR) is 112 cm³/mol. The van der Waals surface area contributed by atoms with E-state index < -0.39 is 0 Å². The molecule has 0 aromatic carbocycles. The highest BCUT2D eigenvalue weighted by atomic mass is 14.1. The van der Waals surface area contributed by atoms with E-state index >= 15 is 0 Å². The van der Waals surface area contributed by atoms with Crippen molar-refractivity contribution in [3.8, 4) is 0 Å². The molecular formula is C24H46. The van der Waals surface area contributed by atoms with Gasteiger partial charge in [-0.1, -0.05) is 123 Å². The van der Waals surface area contributed by atoms with Crippen LogP contribution in [0.3, 0.4) is 0 Å². The maximum Gasteiger partial charge on any atom is -0.0351 e. The zero-order valence-electron chi connectivity index (χ0n) is 16.9. The predicted octanol–water partition coefficient (Wildman–Crippen LogP) is 8.87. The van der Waals surface area contributed by atoms with Crippen molar-refractivity contribution >= 4 is 0 Å². The normalized spacial score (nSPS) is 13.0. The number of hydrogen-bond acceptors (Lipinski definition) is 0. The van der Waals surface area contributed by atoms with Crippen molar-refractivity contribution in [2.24, 2.45) is 5.92 Å². The highest BCUT2D eigenvalue weighted by Crippen LogP contribution is 2.20. The van der Waals surface area contributed by atoms with E-state index in [4.69, 9.17) is 0 Å². The first-order valence-corrected chi connectivity index (χ1v) is 11.1. The van der Waals surface area contributed by atoms with E-state index in [1.807, 2.05) is 0 Å². The lowest BCUT2D eigenvalue weighted by Crippen LogP contribution is -1.99. The molecule has 0 heterocycles. The molecule has 0 aromatic rings. The summed E-state index contributed by atoms with van der Waals surface area (Å²) in [4.78, 5) is 0. The van der Waals surface area contributed by atoms with Crippen LogP contribution in [0.4, 0.5) is 0 Å². The molecule has 0 N–H and O–H groups in total. The number of allylic oxidation sites excluding steroid dienone is 2. The van der Waals surface area contributed by atoms with Crippen molar-refractivity contribution in [1.29, 1.82) is 0 Å². The van der Waals surface area contributed by atoms with Crippen LogP contribution in [0.5, 0.6) is 0 Å². The van der Waals surface area contributed by atoms with Gasteiger partial charge in [0.1, 0.15) is 0 Å². The molecule has 0 aliphatic carbocycles. The third-order valence-electron chi connectivity index (χ3n) is 5.21. The number of unbranched alkanes of at least 4 members (excludes halogenated alkanes) is 12. The summed E-state index contributed by atoms with van der Waals surface area (Å²) in [5, 5.41) is 0. The maximum absolute atomic E-state index is 3.93. The van der Waals surface area contributed by atoms with Gasteiger partial charge < -0.3 is 0 Å². The standard InChI is InChI=1S/C24H46/c1-4-7-9-11-12-13-14-15-16-17-18-19-21-23-24(6-3)22-20-10-8-5-2/h16-17,24H,1-2,4-15,18-23H2,3H3/b17-16+. The van der Waals surface area contributed by atoms with Crippen molar-refractivity contribution in [1.82, 2.24) is 0 Å². The average Bonchev–Trinajstić information content (AvgIpc) is 2.60. The molecule has 0 aliphatic heterocycles. The Labute approximate surface area is 154 Å². The number of hydrogen-bond donors (Lipinski definition) is 0. The third-order valence-corrected chi connectivity index (χ3v) is 5.21. The molecule has 0 nitrogen and oxygen atoms in total. The molecule has 0 saturated heterocycles. The Morgan fingerprint density at radius 1 is 0.583 bits per heavy atom. The lowest BCUT2D eigenvalue weighted by molar-refractivity contribution is 0.399. The van der Waals surface area contributed by atoms with Gasteiger partial charge in [-0.15, -0.1) is 0 Å². The molecular weight excluding hydrogens is 288 g/mol. The van der Waals surface area contributed by atoms with Gasteiger partial charge in [-0.05, 0) is 31.6 Å². The van der Waals surface area contributed by atoms with Crippen LogP contribution in [0.1, 0.15) is 122 Å². The first kappa shape index (κ1) is 23.7. The van der Waals surface area contributed by atoms with Crippen LogP contribution in [0.15, 0.2) is 12.2 Å². The Morgan fingerprint density at radius 3 is 1.54 bits per heavy atom. The van der Waals surface area contributed by atoms with E-state index in [2.05, 4.69) is 32.9 Å². The molecule has 142 valence electrons. The van der Waals surface area contributed by atoms with Crippen LogP contribution in [0, 0.1) is 19.8 Å². The molecule has 0 bridgehead atoms. The van der Waals surface area contributed by atoms with Gasteiger partial charge in [0, 0.05) is 0 Å². The van der Waals surface area contributed by atoms with E-state index in [-0.39, 0.29) is 0 Å². The molecule has 24 heavy (non-hydrogen) atoms. The average molecular weight is 335 g/mol. The molecule has 0 aliphatic rings. The molecule has 0 saturated carbocycles. The van der Waals surface area contributed by atoms with Gasteiger partial charge in [-0.2, -0.15) is 0 Å². The maximum atomic E-state index is 3.93. The lowest BCUT2D eigenvalue weighted by Gasteiger charge is -2.14. The lowest BCUT2D eigenvalue weighted by atomic mass is 9.92. The highest BCUT2D eigenvalue weighted by Gasteiger charge is 2.05. The van der Waals surface area contributed by atoms with Gasteiger partial charge in [0.05, 0.1) is 0 Å². The minimum absolute atomic E-state index is 0.974. The van der Waals surface area contributed by atoms with Gasteiger partial charge in [-0.3, -0.25) is 0 Å². The van der Waals surface area contributed by atoms with Crippen LogP contribution in [-0.4, -0.2) is 0 Å². The first-order chi connectivity index (χ1) is 11.8. The monoisotopic (exact) mass is 334 g/mol. The van der Waals surface area contributed by atoms with Crippen LogP contribution < -0.4 is 0 Å². The largest absolute Gasteiger partial charge is 0.0885 e. The molecule has 1 atom stereocenters. The summed E-state index contributed by atoms with van der Waals surface area (Å²) >= 11 is 0. The Bertz CT molecular complexity index is 240. The van der Waals surface area contributed by atoms with E-state index in [0.29, 0.717) is 0 Å². The van der Waals surface area contributed by atoms with Gasteiger partial charge in [-0.25, -0.2) is 0 Å². The molecule has 2 radical (unpaired) electrons. The SMILES string of the molecule is [CH2]CCCCCCCC/C=C/CCCCC(CC)CCCCC[CH2]. The minimum Gasteiger partial charge on any atom is -0.0885 e. The second-order valence-corrected chi connectivity index (χ2v) is 7.50. The van der Waals surface area contributed by atoms with Gasteiger partial charge >= 0.3 is 0 Å². The Hall–Kier alpha value is -0.260. The second kappa shape index (κ2) is 20.8. The van der Waals surface area contributed by atoms with E-state index in [0.717, 1.165) is 18.8 Å². The summed E-state index contributed by atoms with van der Waals surface area (Å²) in [5.41, 5.74) is 0. The molecule has 0 fully saturated rings. The zero-order valence-corrected chi connectivity index (χ0v) is 16.9. The topological polar surface area (TPSA) is 0 Å². The summed E-state index contributed by atoms with van der Waals surface area (Å²) in [7, 11) is 0. The third kappa shape index (κ3) is 18.1. The van der Waals surface area contributed by atoms with Crippen molar-refractivity contribution in [2.45, 2.75) is 122 Å². The quantitative estimate of drug-likeness (QED) is 0.163. The minimum atomic E-state index is 0.974. The molecule has 0 rings (SSSR count). The number of rotatable bonds is 19. The Kier molecular flexibility index (Phi) is 20.6. The van der Waals surface area contributed by atoms with E-state index in [1.54, 1.807) is 0 Å². The van der Waals surface area contributed by atoms with E-state index in [1.165, 1.54) is 103 Å². The first-order valence-electron chi connectivity index (χ1n) is 11.1. The van der Waals surface area contributed by atoms with E-state index in [9.17, 15) is 0 Å². The van der Waals surface area contributed by atoms with Gasteiger partial charge in [0.15, 0.2) is 0 Å². The summed E-state index contributed by atoms with van der Waals surface area (Å²) in [5.74, 6) is 0.974. The highest BCUT2D eigenvalue weighted by molar-refractivity contribution is 4.81. The fraction of sp³-hybridized carbons (Fsp3) is 0.833. The Morgan fingerprint density at radius 2 is 1.00 bits per heavy atom. The Balaban J connectivity index is 3.31. The van der Waals surface area contributed by atoms with Crippen molar-refractivity contribution in [2.75, 3.05) is 0 Å². The smallest absolute Gasteiger partial charge is 0.0351 e. The fourth-order valence-electron chi connectivity index (χ4n) is 3.42. The van der Waals surface area contributed by atoms with Gasteiger partial charge in [0.25, 0.3) is 0 Å². The van der Waals surface area contributed by atoms with Crippen LogP contribution in [0.25, 0.3) is 0 Å². The zero-order chi connectivity index (χ0) is 17.7. The summed E-state index contributed by atoms with van der Waals surface area (Å²) < 4.78 is 0. The molecule has 0 heteroatoms. The molecule has 1 unspecified atom stereocenters. The molecule has 0 aromatic heterocycles. The van der Waals surface area contributed by atoms with Gasteiger partial charge in [0.2, 0.25) is 0 Å². The van der Waals surface area contributed by atoms with Crippen LogP contribution in [0.2, 0.25) is 0 Å². The summed E-state index contributed by atoms with van der Waals surface area (Å²) in [6.45, 7) is 10.2. The van der Waals surface area contributed by atoms with Crippen LogP contribution >= 0.6 is 0 Å². The van der Waals surface area contributed by atoms with Crippen LogP contribution in [-0.2, 0) is 0 Å². The fourth-order valence-corrected chi connectivity index (χ4v) is 3.42. The molecule has 0 spiro atoms.